The van der Waals surface area contributed by atoms with E-state index in [4.69, 9.17) is 4.74 Å². The highest BCUT2D eigenvalue weighted by Gasteiger charge is 2.33. The Labute approximate surface area is 181 Å². The number of aryl methyl sites for hydroxylation is 1. The first-order valence-electron chi connectivity index (χ1n) is 9.48. The van der Waals surface area contributed by atoms with Gasteiger partial charge in [-0.2, -0.15) is 0 Å². The van der Waals surface area contributed by atoms with Gasteiger partial charge in [0.15, 0.2) is 10.9 Å². The van der Waals surface area contributed by atoms with Crippen LogP contribution in [0, 0.1) is 12.8 Å². The molecule has 11 heteroatoms. The van der Waals surface area contributed by atoms with E-state index >= 15 is 0 Å². The van der Waals surface area contributed by atoms with E-state index in [-0.39, 0.29) is 30.6 Å². The lowest BCUT2D eigenvalue weighted by molar-refractivity contribution is -0.125. The van der Waals surface area contributed by atoms with Crippen molar-refractivity contribution >= 4 is 34.1 Å². The third kappa shape index (κ3) is 4.45. The van der Waals surface area contributed by atoms with Gasteiger partial charge in [0.05, 0.1) is 30.1 Å². The summed E-state index contributed by atoms with van der Waals surface area (Å²) >= 11 is 1.12. The van der Waals surface area contributed by atoms with Gasteiger partial charge >= 0.3 is 0 Å². The summed E-state index contributed by atoms with van der Waals surface area (Å²) in [6.45, 7) is 1.90. The second-order valence-electron chi connectivity index (χ2n) is 7.02. The van der Waals surface area contributed by atoms with E-state index in [0.717, 1.165) is 11.3 Å². The third-order valence-corrected chi connectivity index (χ3v) is 6.00. The minimum Gasteiger partial charge on any atom is -0.497 e. The first-order chi connectivity index (χ1) is 14.9. The van der Waals surface area contributed by atoms with Gasteiger partial charge in [0.1, 0.15) is 17.1 Å². The van der Waals surface area contributed by atoms with Crippen molar-refractivity contribution < 1.29 is 23.7 Å². The average molecular weight is 441 g/mol. The first-order valence-corrected chi connectivity index (χ1v) is 10.3. The van der Waals surface area contributed by atoms with E-state index in [1.165, 1.54) is 0 Å². The van der Waals surface area contributed by atoms with Gasteiger partial charge < -0.3 is 10.1 Å². The molecule has 10 nitrogen and oxygen atoms in total. The zero-order valence-corrected chi connectivity index (χ0v) is 17.6. The van der Waals surface area contributed by atoms with Gasteiger partial charge in [-0.15, -0.1) is 0 Å². The molecule has 0 aliphatic heterocycles. The van der Waals surface area contributed by atoms with Crippen LogP contribution in [0.5, 0.6) is 5.75 Å². The molecule has 1 unspecified atom stereocenters. The predicted molar refractivity (Wildman–Crippen MR) is 110 cm³/mol. The zero-order chi connectivity index (χ0) is 22.0. The molecule has 4 rings (SSSR count). The molecule has 31 heavy (non-hydrogen) atoms. The number of methoxy groups -OCH3 is 1. The second-order valence-corrected chi connectivity index (χ2v) is 8.02. The van der Waals surface area contributed by atoms with E-state index in [0.29, 0.717) is 44.8 Å². The predicted octanol–water partition coefficient (Wildman–Crippen LogP) is 2.16. The minimum absolute atomic E-state index is 0.0863. The molecule has 1 aliphatic rings. The molecule has 1 aromatic carbocycles. The van der Waals surface area contributed by atoms with Crippen LogP contribution in [0.2, 0.25) is 0 Å². The summed E-state index contributed by atoms with van der Waals surface area (Å²) in [5, 5.41) is 13.2. The number of hydrogen-bond donors (Lipinski definition) is 2. The number of anilines is 1. The quantitative estimate of drug-likeness (QED) is 0.594. The molecule has 0 bridgehead atoms. The maximum absolute atomic E-state index is 12.6. The Morgan fingerprint density at radius 3 is 2.68 bits per heavy atom. The number of carbonyl (C=O) groups is 3. The molecular formula is C20H19N5O5S. The molecule has 0 saturated carbocycles. The molecule has 0 spiro atoms. The summed E-state index contributed by atoms with van der Waals surface area (Å²) in [6.07, 6.45) is 0.404. The summed E-state index contributed by atoms with van der Waals surface area (Å²) in [5.74, 6) is -0.660. The fraction of sp³-hybridized carbons (Fsp3) is 0.300. The summed E-state index contributed by atoms with van der Waals surface area (Å²) in [5.41, 5.74) is 2.09. The number of nitrogens with zero attached hydrogens (tertiary/aromatic N) is 3. The van der Waals surface area contributed by atoms with Crippen LogP contribution in [-0.2, 0) is 17.8 Å². The number of rotatable bonds is 6. The molecule has 2 N–H and O–H groups in total. The van der Waals surface area contributed by atoms with Crippen molar-refractivity contribution in [3.63, 3.8) is 0 Å². The molecule has 2 amide bonds. The minimum atomic E-state index is -0.535. The molecule has 160 valence electrons. The summed E-state index contributed by atoms with van der Waals surface area (Å²) in [7, 11) is 1.55. The van der Waals surface area contributed by atoms with E-state index in [1.807, 2.05) is 0 Å². The Balaban J connectivity index is 1.41. The van der Waals surface area contributed by atoms with Crippen LogP contribution in [0.25, 0.3) is 0 Å². The smallest absolute Gasteiger partial charge is 0.257 e. The molecule has 1 aliphatic carbocycles. The third-order valence-electron chi connectivity index (χ3n) is 4.94. The number of hydrogen-bond acceptors (Lipinski definition) is 9. The molecular weight excluding hydrogens is 422 g/mol. The summed E-state index contributed by atoms with van der Waals surface area (Å²) in [4.78, 5) is 42.4. The maximum Gasteiger partial charge on any atom is 0.257 e. The molecule has 3 aromatic rings. The van der Waals surface area contributed by atoms with Gasteiger partial charge in [0.2, 0.25) is 5.91 Å². The van der Waals surface area contributed by atoms with Gasteiger partial charge in [-0.25, -0.2) is 9.61 Å². The largest absolute Gasteiger partial charge is 0.497 e. The Hall–Kier alpha value is -3.60. The summed E-state index contributed by atoms with van der Waals surface area (Å²) < 4.78 is 9.69. The molecule has 2 aromatic heterocycles. The van der Waals surface area contributed by atoms with Crippen molar-refractivity contribution in [2.45, 2.75) is 26.3 Å². The number of thiazole rings is 1. The van der Waals surface area contributed by atoms with Gasteiger partial charge in [0, 0.05) is 18.4 Å². The molecule has 1 atom stereocenters. The molecule has 0 saturated heterocycles. The van der Waals surface area contributed by atoms with Crippen molar-refractivity contribution in [1.82, 2.24) is 20.6 Å². The lowest BCUT2D eigenvalue weighted by Gasteiger charge is -2.19. The normalized spacial score (nSPS) is 15.3. The molecule has 0 fully saturated rings. The van der Waals surface area contributed by atoms with Crippen LogP contribution in [0.4, 0.5) is 5.13 Å². The fourth-order valence-electron chi connectivity index (χ4n) is 3.21. The number of nitrogens with one attached hydrogen (secondary N) is 2. The Bertz CT molecular complexity index is 1140. The number of Topliss-reactive ketones (excluding diaryl/α,β-unsaturated/α-hetero) is 1. The van der Waals surface area contributed by atoms with Gasteiger partial charge in [-0.1, -0.05) is 21.7 Å². The van der Waals surface area contributed by atoms with Crippen LogP contribution >= 0.6 is 11.3 Å². The number of ether oxygens (including phenoxy) is 1. The van der Waals surface area contributed by atoms with Crippen molar-refractivity contribution in [3.8, 4) is 5.75 Å². The zero-order valence-electron chi connectivity index (χ0n) is 16.8. The van der Waals surface area contributed by atoms with E-state index < -0.39 is 5.92 Å². The Morgan fingerprint density at radius 1 is 1.23 bits per heavy atom. The number of carbonyl (C=O) groups excluding carboxylic acids is 3. The first kappa shape index (κ1) is 20.7. The van der Waals surface area contributed by atoms with Gasteiger partial charge in [-0.05, 0) is 31.2 Å². The highest BCUT2D eigenvalue weighted by Crippen LogP contribution is 2.32. The van der Waals surface area contributed by atoms with Crippen molar-refractivity contribution in [3.05, 3.63) is 51.8 Å². The maximum atomic E-state index is 12.6. The van der Waals surface area contributed by atoms with Crippen LogP contribution in [0.15, 0.2) is 28.9 Å². The number of benzene rings is 1. The number of ketones is 1. The van der Waals surface area contributed by atoms with Crippen LogP contribution in [0.3, 0.4) is 0 Å². The SMILES string of the molecule is COc1ccc(C(=O)Nc2nc3c(s2)C(=O)CC(C(=O)NCc2nonc2C)C3)cc1. The summed E-state index contributed by atoms with van der Waals surface area (Å²) in [6, 6.07) is 6.65. The van der Waals surface area contributed by atoms with Crippen LogP contribution < -0.4 is 15.4 Å². The van der Waals surface area contributed by atoms with Crippen LogP contribution in [-0.4, -0.2) is 40.0 Å². The van der Waals surface area contributed by atoms with E-state index in [9.17, 15) is 14.4 Å². The highest BCUT2D eigenvalue weighted by molar-refractivity contribution is 7.17. The van der Waals surface area contributed by atoms with Crippen LogP contribution in [0.1, 0.15) is 43.5 Å². The van der Waals surface area contributed by atoms with Crippen molar-refractivity contribution in [2.75, 3.05) is 12.4 Å². The van der Waals surface area contributed by atoms with E-state index in [1.54, 1.807) is 38.3 Å². The lowest BCUT2D eigenvalue weighted by Crippen LogP contribution is -2.35. The molecule has 0 radical (unpaired) electrons. The standard InChI is InChI=1S/C20H19N5O5S/c1-10-15(25-30-24-10)9-21-18(27)12-7-14-17(16(26)8-12)31-20(22-14)23-19(28)11-3-5-13(29-2)6-4-11/h3-6,12H,7-9H2,1-2H3,(H,21,27)(H,22,23,28). The lowest BCUT2D eigenvalue weighted by atomic mass is 9.89. The second kappa shape index (κ2) is 8.64. The average Bonchev–Trinajstić information content (AvgIpc) is 3.37. The molecule has 2 heterocycles. The van der Waals surface area contributed by atoms with Crippen molar-refractivity contribution in [2.24, 2.45) is 5.92 Å². The number of amides is 2. The highest BCUT2D eigenvalue weighted by atomic mass is 32.1. The van der Waals surface area contributed by atoms with Gasteiger partial charge in [-0.3, -0.25) is 19.7 Å². The Morgan fingerprint density at radius 2 is 2.00 bits per heavy atom. The van der Waals surface area contributed by atoms with Crippen molar-refractivity contribution in [1.29, 1.82) is 0 Å². The monoisotopic (exact) mass is 441 g/mol. The van der Waals surface area contributed by atoms with E-state index in [2.05, 4.69) is 30.6 Å². The Kier molecular flexibility index (Phi) is 5.76. The number of aromatic nitrogens is 3. The topological polar surface area (TPSA) is 136 Å². The fourth-order valence-corrected chi connectivity index (χ4v) is 4.14. The number of fused-ring (bicyclic) bond motifs is 1. The van der Waals surface area contributed by atoms with Gasteiger partial charge in [0.25, 0.3) is 5.91 Å².